The average Bonchev–Trinajstić information content (AvgIpc) is 2.21. The summed E-state index contributed by atoms with van der Waals surface area (Å²) in [6.45, 7) is 1.39. The lowest BCUT2D eigenvalue weighted by molar-refractivity contribution is 0.0649. The normalized spacial score (nSPS) is 8.25. The third-order valence-electron chi connectivity index (χ3n) is 0.942. The molecule has 16 heavy (non-hydrogen) atoms. The monoisotopic (exact) mass is 284 g/mol. The SMILES string of the molecule is Cl.Cl.OCCOCCO.OCCOCCO. The van der Waals surface area contributed by atoms with Gasteiger partial charge in [0.05, 0.1) is 52.9 Å². The van der Waals surface area contributed by atoms with Gasteiger partial charge in [0, 0.05) is 0 Å². The second-order valence-corrected chi connectivity index (χ2v) is 2.12. The number of hydrogen-bond acceptors (Lipinski definition) is 6. The fourth-order valence-corrected chi connectivity index (χ4v) is 0.462. The topological polar surface area (TPSA) is 99.4 Å². The van der Waals surface area contributed by atoms with Gasteiger partial charge in [0.1, 0.15) is 0 Å². The highest BCUT2D eigenvalue weighted by Gasteiger charge is 1.80. The highest BCUT2D eigenvalue weighted by atomic mass is 35.5. The third-order valence-corrected chi connectivity index (χ3v) is 0.942. The van der Waals surface area contributed by atoms with Crippen LogP contribution in [0, 0.1) is 0 Å². The van der Waals surface area contributed by atoms with E-state index in [0.29, 0.717) is 26.4 Å². The van der Waals surface area contributed by atoms with E-state index in [1.54, 1.807) is 0 Å². The molecule has 0 fully saturated rings. The second-order valence-electron chi connectivity index (χ2n) is 2.12. The van der Waals surface area contributed by atoms with Crippen molar-refractivity contribution in [1.29, 1.82) is 0 Å². The molecule has 0 aromatic rings. The summed E-state index contributed by atoms with van der Waals surface area (Å²) in [6, 6.07) is 0. The van der Waals surface area contributed by atoms with Gasteiger partial charge in [-0.2, -0.15) is 0 Å². The van der Waals surface area contributed by atoms with E-state index in [-0.39, 0.29) is 51.2 Å². The highest BCUT2D eigenvalue weighted by molar-refractivity contribution is 5.85. The van der Waals surface area contributed by atoms with Crippen LogP contribution in [0.5, 0.6) is 0 Å². The standard InChI is InChI=1S/2C4H10O3.2ClH/c2*5-1-3-7-4-2-6;;/h2*5-6H,1-4H2;2*1H. The molecule has 8 heteroatoms. The first kappa shape index (κ1) is 25.3. The zero-order valence-electron chi connectivity index (χ0n) is 9.08. The number of aliphatic hydroxyl groups excluding tert-OH is 4. The summed E-state index contributed by atoms with van der Waals surface area (Å²) in [5, 5.41) is 32.3. The summed E-state index contributed by atoms with van der Waals surface area (Å²) >= 11 is 0. The Bertz CT molecular complexity index is 70.9. The lowest BCUT2D eigenvalue weighted by Crippen LogP contribution is -2.03. The molecule has 6 nitrogen and oxygen atoms in total. The first-order chi connectivity index (χ1) is 6.83. The van der Waals surface area contributed by atoms with E-state index in [1.165, 1.54) is 0 Å². The predicted molar refractivity (Wildman–Crippen MR) is 64.5 cm³/mol. The lowest BCUT2D eigenvalue weighted by Gasteiger charge is -1.94. The highest BCUT2D eigenvalue weighted by Crippen LogP contribution is 1.68. The molecule has 0 spiro atoms. The van der Waals surface area contributed by atoms with Gasteiger partial charge in [-0.1, -0.05) is 0 Å². The van der Waals surface area contributed by atoms with Gasteiger partial charge in [-0.3, -0.25) is 0 Å². The Morgan fingerprint density at radius 2 is 0.688 bits per heavy atom. The van der Waals surface area contributed by atoms with Crippen molar-refractivity contribution in [2.24, 2.45) is 0 Å². The summed E-state index contributed by atoms with van der Waals surface area (Å²) in [6.07, 6.45) is 0. The zero-order valence-corrected chi connectivity index (χ0v) is 10.7. The zero-order chi connectivity index (χ0) is 11.1. The van der Waals surface area contributed by atoms with Crippen molar-refractivity contribution >= 4 is 24.8 Å². The Hall–Kier alpha value is 0.340. The molecule has 0 aliphatic heterocycles. The molecule has 0 rings (SSSR count). The molecule has 0 atom stereocenters. The fraction of sp³-hybridized carbons (Fsp3) is 1.00. The molecule has 0 aromatic carbocycles. The summed E-state index contributed by atoms with van der Waals surface area (Å²) in [5.74, 6) is 0. The van der Waals surface area contributed by atoms with E-state index in [9.17, 15) is 0 Å². The molecular formula is C8H22Cl2O6. The van der Waals surface area contributed by atoms with Gasteiger partial charge in [-0.15, -0.1) is 24.8 Å². The number of aliphatic hydroxyl groups is 4. The van der Waals surface area contributed by atoms with E-state index >= 15 is 0 Å². The average molecular weight is 285 g/mol. The summed E-state index contributed by atoms with van der Waals surface area (Å²) in [4.78, 5) is 0. The van der Waals surface area contributed by atoms with Gasteiger partial charge in [-0.25, -0.2) is 0 Å². The minimum atomic E-state index is 0. The maximum Gasteiger partial charge on any atom is 0.0698 e. The Kier molecular flexibility index (Phi) is 46.6. The second kappa shape index (κ2) is 29.5. The van der Waals surface area contributed by atoms with Gasteiger partial charge in [-0.05, 0) is 0 Å². The van der Waals surface area contributed by atoms with Crippen LogP contribution in [0.2, 0.25) is 0 Å². The Labute approximate surface area is 108 Å². The molecule has 0 heterocycles. The molecule has 0 saturated carbocycles. The summed E-state index contributed by atoms with van der Waals surface area (Å²) < 4.78 is 9.26. The molecule has 104 valence electrons. The molecule has 0 aromatic heterocycles. The maximum atomic E-state index is 8.09. The maximum absolute atomic E-state index is 8.09. The lowest BCUT2D eigenvalue weighted by atomic mass is 10.7. The number of hydrogen-bond donors (Lipinski definition) is 4. The van der Waals surface area contributed by atoms with Crippen LogP contribution in [0.15, 0.2) is 0 Å². The van der Waals surface area contributed by atoms with Crippen LogP contribution in [0.25, 0.3) is 0 Å². The van der Waals surface area contributed by atoms with Crippen LogP contribution in [0.1, 0.15) is 0 Å². The van der Waals surface area contributed by atoms with E-state index in [1.807, 2.05) is 0 Å². The molecule has 0 amide bonds. The van der Waals surface area contributed by atoms with Crippen LogP contribution >= 0.6 is 24.8 Å². The molecule has 0 bridgehead atoms. The van der Waals surface area contributed by atoms with Crippen molar-refractivity contribution in [3.05, 3.63) is 0 Å². The molecule has 0 aliphatic rings. The Morgan fingerprint density at radius 3 is 0.812 bits per heavy atom. The number of rotatable bonds is 8. The van der Waals surface area contributed by atoms with Crippen LogP contribution in [-0.4, -0.2) is 73.3 Å². The predicted octanol–water partition coefficient (Wildman–Crippen LogP) is -1.18. The number of ether oxygens (including phenoxy) is 2. The Morgan fingerprint density at radius 1 is 0.500 bits per heavy atom. The van der Waals surface area contributed by atoms with Crippen molar-refractivity contribution in [3.8, 4) is 0 Å². The van der Waals surface area contributed by atoms with E-state index in [0.717, 1.165) is 0 Å². The van der Waals surface area contributed by atoms with Crippen molar-refractivity contribution in [3.63, 3.8) is 0 Å². The van der Waals surface area contributed by atoms with Gasteiger partial charge >= 0.3 is 0 Å². The van der Waals surface area contributed by atoms with Gasteiger partial charge < -0.3 is 29.9 Å². The first-order valence-corrected chi connectivity index (χ1v) is 4.42. The quantitative estimate of drug-likeness (QED) is 0.419. The van der Waals surface area contributed by atoms with E-state index < -0.39 is 0 Å². The van der Waals surface area contributed by atoms with Crippen molar-refractivity contribution < 1.29 is 29.9 Å². The molecule has 0 aliphatic carbocycles. The third kappa shape index (κ3) is 36.7. The van der Waals surface area contributed by atoms with Crippen LogP contribution < -0.4 is 0 Å². The minimum absolute atomic E-state index is 0. The number of halogens is 2. The van der Waals surface area contributed by atoms with Crippen molar-refractivity contribution in [1.82, 2.24) is 0 Å². The van der Waals surface area contributed by atoms with Gasteiger partial charge in [0.25, 0.3) is 0 Å². The van der Waals surface area contributed by atoms with Crippen LogP contribution in [0.4, 0.5) is 0 Å². The van der Waals surface area contributed by atoms with Crippen LogP contribution in [-0.2, 0) is 9.47 Å². The fourth-order valence-electron chi connectivity index (χ4n) is 0.462. The van der Waals surface area contributed by atoms with E-state index in [2.05, 4.69) is 9.47 Å². The summed E-state index contributed by atoms with van der Waals surface area (Å²) in [5.41, 5.74) is 0. The molecule has 0 radical (unpaired) electrons. The molecule has 0 unspecified atom stereocenters. The van der Waals surface area contributed by atoms with Gasteiger partial charge in [0.2, 0.25) is 0 Å². The summed E-state index contributed by atoms with van der Waals surface area (Å²) in [7, 11) is 0. The van der Waals surface area contributed by atoms with Crippen molar-refractivity contribution in [2.45, 2.75) is 0 Å². The Balaban J connectivity index is -0.0000000800. The molecule has 4 N–H and O–H groups in total. The smallest absolute Gasteiger partial charge is 0.0698 e. The minimum Gasteiger partial charge on any atom is -0.394 e. The molecular weight excluding hydrogens is 263 g/mol. The first-order valence-electron chi connectivity index (χ1n) is 4.42. The van der Waals surface area contributed by atoms with Gasteiger partial charge in [0.15, 0.2) is 0 Å². The largest absolute Gasteiger partial charge is 0.394 e. The molecule has 0 saturated heterocycles. The van der Waals surface area contributed by atoms with Crippen molar-refractivity contribution in [2.75, 3.05) is 52.9 Å². The van der Waals surface area contributed by atoms with Crippen LogP contribution in [0.3, 0.4) is 0 Å². The van der Waals surface area contributed by atoms with E-state index in [4.69, 9.17) is 20.4 Å².